The molecule has 0 aliphatic carbocycles. The van der Waals surface area contributed by atoms with E-state index in [9.17, 15) is 8.42 Å². The van der Waals surface area contributed by atoms with Crippen molar-refractivity contribution in [3.05, 3.63) is 35.9 Å². The molecule has 0 heterocycles. The Morgan fingerprint density at radius 1 is 1.22 bits per heavy atom. The van der Waals surface area contributed by atoms with Crippen molar-refractivity contribution < 1.29 is 8.42 Å². The molecule has 2 unspecified atom stereocenters. The summed E-state index contributed by atoms with van der Waals surface area (Å²) in [7, 11) is -0.992. The van der Waals surface area contributed by atoms with Gasteiger partial charge in [-0.05, 0) is 31.4 Å². The van der Waals surface area contributed by atoms with E-state index in [0.717, 1.165) is 6.42 Å². The lowest BCUT2D eigenvalue weighted by atomic mass is 9.88. The normalized spacial score (nSPS) is 15.3. The van der Waals surface area contributed by atoms with E-state index >= 15 is 0 Å². The molecule has 1 rings (SSSR count). The average molecular weight is 269 g/mol. The van der Waals surface area contributed by atoms with Crippen LogP contribution in [0.15, 0.2) is 30.3 Å². The Kier molecular flexibility index (Phi) is 5.82. The van der Waals surface area contributed by atoms with Gasteiger partial charge in [0.1, 0.15) is 9.84 Å². The maximum Gasteiger partial charge on any atom is 0.147 e. The van der Waals surface area contributed by atoms with Crippen LogP contribution in [0, 0.1) is 0 Å². The van der Waals surface area contributed by atoms with Gasteiger partial charge in [-0.15, -0.1) is 0 Å². The van der Waals surface area contributed by atoms with E-state index in [0.29, 0.717) is 12.3 Å². The molecule has 0 saturated carbocycles. The van der Waals surface area contributed by atoms with Crippen molar-refractivity contribution in [2.24, 2.45) is 0 Å². The van der Waals surface area contributed by atoms with Gasteiger partial charge in [0, 0.05) is 12.3 Å². The third-order valence-electron chi connectivity index (χ3n) is 3.32. The average Bonchev–Trinajstić information content (AvgIpc) is 2.34. The van der Waals surface area contributed by atoms with Gasteiger partial charge in [0.2, 0.25) is 0 Å². The summed E-state index contributed by atoms with van der Waals surface area (Å²) in [4.78, 5) is 0. The zero-order chi connectivity index (χ0) is 13.6. The Labute approximate surface area is 111 Å². The second-order valence-corrected chi connectivity index (χ2v) is 7.00. The van der Waals surface area contributed by atoms with Gasteiger partial charge in [-0.3, -0.25) is 0 Å². The summed E-state index contributed by atoms with van der Waals surface area (Å²) in [5.41, 5.74) is 1.27. The maximum atomic E-state index is 11.3. The number of likely N-dealkylation sites (N-methyl/N-ethyl adjacent to an activating group) is 1. The van der Waals surface area contributed by atoms with E-state index in [1.165, 1.54) is 11.8 Å². The van der Waals surface area contributed by atoms with E-state index in [4.69, 9.17) is 0 Å². The Hall–Kier alpha value is -0.870. The molecule has 2 atom stereocenters. The minimum atomic E-state index is -2.89. The van der Waals surface area contributed by atoms with Crippen molar-refractivity contribution in [2.45, 2.75) is 31.7 Å². The van der Waals surface area contributed by atoms with E-state index in [1.54, 1.807) is 0 Å². The number of rotatable bonds is 7. The first-order valence-electron chi connectivity index (χ1n) is 6.38. The van der Waals surface area contributed by atoms with Gasteiger partial charge in [-0.1, -0.05) is 37.3 Å². The fourth-order valence-corrected chi connectivity index (χ4v) is 3.02. The van der Waals surface area contributed by atoms with Crippen LogP contribution in [0.2, 0.25) is 0 Å². The molecule has 1 aromatic carbocycles. The predicted molar refractivity (Wildman–Crippen MR) is 76.6 cm³/mol. The van der Waals surface area contributed by atoms with Gasteiger partial charge >= 0.3 is 0 Å². The summed E-state index contributed by atoms with van der Waals surface area (Å²) in [6, 6.07) is 10.5. The highest BCUT2D eigenvalue weighted by Gasteiger charge is 2.21. The highest BCUT2D eigenvalue weighted by atomic mass is 32.2. The molecule has 18 heavy (non-hydrogen) atoms. The van der Waals surface area contributed by atoms with Crippen molar-refractivity contribution >= 4 is 9.84 Å². The molecule has 0 radical (unpaired) electrons. The second-order valence-electron chi connectivity index (χ2n) is 4.74. The molecule has 102 valence electrons. The summed E-state index contributed by atoms with van der Waals surface area (Å²) in [6.07, 6.45) is 2.95. The molecule has 3 nitrogen and oxygen atoms in total. The zero-order valence-corrected chi connectivity index (χ0v) is 12.2. The molecular formula is C14H23NO2S. The zero-order valence-electron chi connectivity index (χ0n) is 11.4. The lowest BCUT2D eigenvalue weighted by Gasteiger charge is -2.26. The Morgan fingerprint density at radius 2 is 1.83 bits per heavy atom. The van der Waals surface area contributed by atoms with Crippen molar-refractivity contribution in [1.82, 2.24) is 5.32 Å². The Balaban J connectivity index is 2.78. The first-order valence-corrected chi connectivity index (χ1v) is 8.44. The van der Waals surface area contributed by atoms with Crippen LogP contribution in [-0.4, -0.2) is 33.5 Å². The highest BCUT2D eigenvalue weighted by molar-refractivity contribution is 7.90. The molecule has 0 aliphatic heterocycles. The minimum Gasteiger partial charge on any atom is -0.316 e. The van der Waals surface area contributed by atoms with Crippen LogP contribution in [0.3, 0.4) is 0 Å². The number of hydrogen-bond acceptors (Lipinski definition) is 3. The van der Waals surface area contributed by atoms with E-state index in [-0.39, 0.29) is 11.8 Å². The second kappa shape index (κ2) is 6.90. The molecule has 0 aromatic heterocycles. The van der Waals surface area contributed by atoms with Gasteiger partial charge in [-0.2, -0.15) is 0 Å². The van der Waals surface area contributed by atoms with Crippen LogP contribution in [0.25, 0.3) is 0 Å². The molecule has 0 spiro atoms. The van der Waals surface area contributed by atoms with E-state index in [2.05, 4.69) is 24.4 Å². The smallest absolute Gasteiger partial charge is 0.147 e. The maximum absolute atomic E-state index is 11.3. The molecule has 0 bridgehead atoms. The van der Waals surface area contributed by atoms with Crippen LogP contribution >= 0.6 is 0 Å². The largest absolute Gasteiger partial charge is 0.316 e. The predicted octanol–water partition coefficient (Wildman–Crippen LogP) is 2.20. The van der Waals surface area contributed by atoms with Crippen LogP contribution in [0.5, 0.6) is 0 Å². The molecule has 0 aliphatic rings. The summed E-state index contributed by atoms with van der Waals surface area (Å²) in [6.45, 7) is 2.14. The van der Waals surface area contributed by atoms with Crippen molar-refractivity contribution in [3.63, 3.8) is 0 Å². The van der Waals surface area contributed by atoms with Crippen LogP contribution in [0.1, 0.15) is 31.2 Å². The van der Waals surface area contributed by atoms with Gasteiger partial charge in [0.25, 0.3) is 0 Å². The topological polar surface area (TPSA) is 46.2 Å². The monoisotopic (exact) mass is 269 g/mol. The lowest BCUT2D eigenvalue weighted by molar-refractivity contribution is 0.439. The number of sulfone groups is 1. The fraction of sp³-hybridized carbons (Fsp3) is 0.571. The first kappa shape index (κ1) is 15.2. The first-order chi connectivity index (χ1) is 8.48. The molecule has 1 aromatic rings. The summed E-state index contributed by atoms with van der Waals surface area (Å²) >= 11 is 0. The molecular weight excluding hydrogens is 246 g/mol. The quantitative estimate of drug-likeness (QED) is 0.825. The summed E-state index contributed by atoms with van der Waals surface area (Å²) in [5, 5.41) is 3.26. The highest BCUT2D eigenvalue weighted by Crippen LogP contribution is 2.25. The molecule has 0 fully saturated rings. The van der Waals surface area contributed by atoms with Crippen molar-refractivity contribution in [2.75, 3.05) is 19.1 Å². The molecule has 0 saturated heterocycles. The van der Waals surface area contributed by atoms with Gasteiger partial charge in [0.05, 0.1) is 5.75 Å². The third kappa shape index (κ3) is 4.78. The SMILES string of the molecule is CCC(c1ccccc1)C(CCS(C)(=O)=O)NC. The van der Waals surface area contributed by atoms with Crippen LogP contribution in [-0.2, 0) is 9.84 Å². The number of nitrogens with one attached hydrogen (secondary N) is 1. The Bertz CT molecular complexity index is 442. The summed E-state index contributed by atoms with van der Waals surface area (Å²) < 4.78 is 22.5. The lowest BCUT2D eigenvalue weighted by Crippen LogP contribution is -2.33. The fourth-order valence-electron chi connectivity index (χ4n) is 2.34. The Morgan fingerprint density at radius 3 is 2.28 bits per heavy atom. The van der Waals surface area contributed by atoms with Crippen LogP contribution < -0.4 is 5.32 Å². The van der Waals surface area contributed by atoms with Gasteiger partial charge in [-0.25, -0.2) is 8.42 Å². The van der Waals surface area contributed by atoms with Crippen molar-refractivity contribution in [3.8, 4) is 0 Å². The van der Waals surface area contributed by atoms with Gasteiger partial charge < -0.3 is 5.32 Å². The molecule has 1 N–H and O–H groups in total. The molecule has 0 amide bonds. The minimum absolute atomic E-state index is 0.201. The third-order valence-corrected chi connectivity index (χ3v) is 4.30. The van der Waals surface area contributed by atoms with Crippen molar-refractivity contribution in [1.29, 1.82) is 0 Å². The number of benzene rings is 1. The van der Waals surface area contributed by atoms with Gasteiger partial charge in [0.15, 0.2) is 0 Å². The molecule has 4 heteroatoms. The standard InChI is InChI=1S/C14H23NO2S/c1-4-13(12-8-6-5-7-9-12)14(15-2)10-11-18(3,16)17/h5-9,13-15H,4,10-11H2,1-3H3. The van der Waals surface area contributed by atoms with Crippen LogP contribution in [0.4, 0.5) is 0 Å². The van der Waals surface area contributed by atoms with E-state index < -0.39 is 9.84 Å². The van der Waals surface area contributed by atoms with E-state index in [1.807, 2.05) is 25.2 Å². The summed E-state index contributed by atoms with van der Waals surface area (Å²) in [5.74, 6) is 0.597. The number of hydrogen-bond donors (Lipinski definition) is 1.